The first-order chi connectivity index (χ1) is 15.2. The molecule has 6 nitrogen and oxygen atoms in total. The lowest BCUT2D eigenvalue weighted by atomic mass is 10.1. The number of benzene rings is 2. The number of anilines is 1. The Morgan fingerprint density at radius 2 is 1.74 bits per heavy atom. The van der Waals surface area contributed by atoms with Crippen LogP contribution in [0.5, 0.6) is 0 Å². The summed E-state index contributed by atoms with van der Waals surface area (Å²) in [7, 11) is 0. The second kappa shape index (κ2) is 9.83. The highest BCUT2D eigenvalue weighted by Crippen LogP contribution is 2.18. The lowest BCUT2D eigenvalue weighted by molar-refractivity contribution is -0.130. The van der Waals surface area contributed by atoms with Crippen molar-refractivity contribution in [1.82, 2.24) is 14.7 Å². The minimum Gasteiger partial charge on any atom is -0.341 e. The van der Waals surface area contributed by atoms with E-state index in [4.69, 9.17) is 0 Å². The summed E-state index contributed by atoms with van der Waals surface area (Å²) < 4.78 is 1.81. The highest BCUT2D eigenvalue weighted by atomic mass is 32.2. The number of carbonyl (C=O) groups is 2. The Morgan fingerprint density at radius 3 is 2.42 bits per heavy atom. The summed E-state index contributed by atoms with van der Waals surface area (Å²) in [6.45, 7) is 3.67. The molecule has 31 heavy (non-hydrogen) atoms. The Labute approximate surface area is 186 Å². The lowest BCUT2D eigenvalue weighted by Gasteiger charge is -2.26. The molecule has 1 fully saturated rings. The fourth-order valence-electron chi connectivity index (χ4n) is 3.70. The molecule has 0 aliphatic carbocycles. The van der Waals surface area contributed by atoms with E-state index in [9.17, 15) is 9.59 Å². The third kappa shape index (κ3) is 4.99. The van der Waals surface area contributed by atoms with Gasteiger partial charge in [-0.1, -0.05) is 37.3 Å². The molecule has 0 saturated carbocycles. The molecule has 1 aromatic heterocycles. The first kappa shape index (κ1) is 21.2. The van der Waals surface area contributed by atoms with E-state index in [0.717, 1.165) is 41.5 Å². The number of hydrogen-bond acceptors (Lipinski definition) is 4. The highest BCUT2D eigenvalue weighted by Gasteiger charge is 2.18. The Kier molecular flexibility index (Phi) is 6.72. The van der Waals surface area contributed by atoms with E-state index >= 15 is 0 Å². The molecular formula is C24H26N4O2S. The topological polar surface area (TPSA) is 67.2 Å². The average Bonchev–Trinajstić information content (AvgIpc) is 3.26. The molecule has 7 heteroatoms. The molecule has 2 amide bonds. The average molecular weight is 435 g/mol. The fraction of sp³-hybridized carbons (Fsp3) is 0.292. The molecule has 0 radical (unpaired) electrons. The Hall–Kier alpha value is -3.06. The van der Waals surface area contributed by atoms with Gasteiger partial charge in [0.2, 0.25) is 5.91 Å². The number of para-hydroxylation sites is 1. The van der Waals surface area contributed by atoms with E-state index in [0.29, 0.717) is 24.1 Å². The second-order valence-corrected chi connectivity index (χ2v) is 8.65. The quantitative estimate of drug-likeness (QED) is 0.641. The van der Waals surface area contributed by atoms with Crippen LogP contribution in [0.1, 0.15) is 28.5 Å². The van der Waals surface area contributed by atoms with Gasteiger partial charge in [-0.2, -0.15) is 16.9 Å². The molecule has 0 spiro atoms. The third-order valence-corrected chi connectivity index (χ3v) is 6.32. The molecule has 1 aliphatic heterocycles. The van der Waals surface area contributed by atoms with Gasteiger partial charge >= 0.3 is 0 Å². The normalized spacial score (nSPS) is 13.8. The summed E-state index contributed by atoms with van der Waals surface area (Å²) in [5.74, 6) is 2.00. The van der Waals surface area contributed by atoms with E-state index in [1.807, 2.05) is 82.9 Å². The molecule has 1 aliphatic rings. The van der Waals surface area contributed by atoms with Gasteiger partial charge < -0.3 is 10.2 Å². The minimum absolute atomic E-state index is 0.165. The van der Waals surface area contributed by atoms with Gasteiger partial charge in [0.1, 0.15) is 0 Å². The van der Waals surface area contributed by atoms with Crippen LogP contribution < -0.4 is 5.32 Å². The SMILES string of the molecule is CCc1c(C(=O)Nc2ccc(CC(=O)N3CCSCC3)cc2)cnn1-c1ccccc1. The molecule has 3 aromatic rings. The summed E-state index contributed by atoms with van der Waals surface area (Å²) >= 11 is 1.89. The number of thioether (sulfide) groups is 1. The largest absolute Gasteiger partial charge is 0.341 e. The van der Waals surface area contributed by atoms with Crippen molar-refractivity contribution >= 4 is 29.3 Å². The fourth-order valence-corrected chi connectivity index (χ4v) is 4.60. The van der Waals surface area contributed by atoms with E-state index in [2.05, 4.69) is 10.4 Å². The van der Waals surface area contributed by atoms with Gasteiger partial charge in [0, 0.05) is 30.3 Å². The molecule has 1 saturated heterocycles. The molecule has 4 rings (SSSR count). The van der Waals surface area contributed by atoms with Crippen LogP contribution in [0.2, 0.25) is 0 Å². The standard InChI is InChI=1S/C24H26N4O2S/c1-2-22-21(17-25-28(22)20-6-4-3-5-7-20)24(30)26-19-10-8-18(9-11-19)16-23(29)27-12-14-31-15-13-27/h3-11,17H,2,12-16H2,1H3,(H,26,30). The summed E-state index contributed by atoms with van der Waals surface area (Å²) in [5, 5.41) is 7.37. The van der Waals surface area contributed by atoms with Crippen LogP contribution in [0.15, 0.2) is 60.8 Å². The Balaban J connectivity index is 1.42. The summed E-state index contributed by atoms with van der Waals surface area (Å²) in [4.78, 5) is 27.3. The van der Waals surface area contributed by atoms with Crippen molar-refractivity contribution in [2.24, 2.45) is 0 Å². The van der Waals surface area contributed by atoms with E-state index in [1.165, 1.54) is 0 Å². The van der Waals surface area contributed by atoms with Crippen molar-refractivity contribution in [3.05, 3.63) is 77.6 Å². The number of aromatic nitrogens is 2. The van der Waals surface area contributed by atoms with Crippen LogP contribution in [-0.2, 0) is 17.6 Å². The van der Waals surface area contributed by atoms with Crippen molar-refractivity contribution in [1.29, 1.82) is 0 Å². The van der Waals surface area contributed by atoms with Crippen molar-refractivity contribution in [2.75, 3.05) is 29.9 Å². The maximum atomic E-state index is 12.9. The van der Waals surface area contributed by atoms with Crippen LogP contribution in [0.4, 0.5) is 5.69 Å². The zero-order valence-corrected chi connectivity index (χ0v) is 18.4. The maximum Gasteiger partial charge on any atom is 0.259 e. The van der Waals surface area contributed by atoms with Crippen LogP contribution in [-0.4, -0.2) is 51.1 Å². The smallest absolute Gasteiger partial charge is 0.259 e. The lowest BCUT2D eigenvalue weighted by Crippen LogP contribution is -2.38. The number of hydrogen-bond donors (Lipinski definition) is 1. The van der Waals surface area contributed by atoms with E-state index in [1.54, 1.807) is 6.20 Å². The number of amides is 2. The zero-order chi connectivity index (χ0) is 21.6. The third-order valence-electron chi connectivity index (χ3n) is 5.38. The molecule has 0 unspecified atom stereocenters. The minimum atomic E-state index is -0.186. The number of rotatable bonds is 6. The predicted molar refractivity (Wildman–Crippen MR) is 125 cm³/mol. The molecule has 2 heterocycles. The van der Waals surface area contributed by atoms with Crippen LogP contribution in [0.3, 0.4) is 0 Å². The van der Waals surface area contributed by atoms with Gasteiger partial charge in [0.25, 0.3) is 5.91 Å². The van der Waals surface area contributed by atoms with Crippen LogP contribution in [0, 0.1) is 0 Å². The summed E-state index contributed by atoms with van der Waals surface area (Å²) in [6, 6.07) is 17.3. The van der Waals surface area contributed by atoms with Gasteiger partial charge in [-0.15, -0.1) is 0 Å². The highest BCUT2D eigenvalue weighted by molar-refractivity contribution is 7.99. The molecule has 0 atom stereocenters. The van der Waals surface area contributed by atoms with Gasteiger partial charge in [-0.3, -0.25) is 9.59 Å². The number of nitrogens with zero attached hydrogens (tertiary/aromatic N) is 3. The van der Waals surface area contributed by atoms with Gasteiger partial charge in [-0.25, -0.2) is 4.68 Å². The van der Waals surface area contributed by atoms with Crippen molar-refractivity contribution < 1.29 is 9.59 Å². The number of nitrogens with one attached hydrogen (secondary N) is 1. The van der Waals surface area contributed by atoms with E-state index in [-0.39, 0.29) is 11.8 Å². The van der Waals surface area contributed by atoms with Gasteiger partial charge in [-0.05, 0) is 36.2 Å². The van der Waals surface area contributed by atoms with Crippen LogP contribution >= 0.6 is 11.8 Å². The Bertz CT molecular complexity index is 1040. The van der Waals surface area contributed by atoms with Gasteiger partial charge in [0.15, 0.2) is 0 Å². The zero-order valence-electron chi connectivity index (χ0n) is 17.6. The monoisotopic (exact) mass is 434 g/mol. The second-order valence-electron chi connectivity index (χ2n) is 7.43. The summed E-state index contributed by atoms with van der Waals surface area (Å²) in [5.41, 5.74) is 4.01. The first-order valence-electron chi connectivity index (χ1n) is 10.5. The first-order valence-corrected chi connectivity index (χ1v) is 11.7. The maximum absolute atomic E-state index is 12.9. The molecular weight excluding hydrogens is 408 g/mol. The van der Waals surface area contributed by atoms with Crippen LogP contribution in [0.25, 0.3) is 5.69 Å². The predicted octanol–water partition coefficient (Wildman–Crippen LogP) is 3.80. The van der Waals surface area contributed by atoms with Crippen molar-refractivity contribution in [3.8, 4) is 5.69 Å². The molecule has 0 bridgehead atoms. The van der Waals surface area contributed by atoms with Crippen molar-refractivity contribution in [3.63, 3.8) is 0 Å². The number of carbonyl (C=O) groups excluding carboxylic acids is 2. The van der Waals surface area contributed by atoms with Crippen molar-refractivity contribution in [2.45, 2.75) is 19.8 Å². The molecule has 1 N–H and O–H groups in total. The summed E-state index contributed by atoms with van der Waals surface area (Å²) in [6.07, 6.45) is 2.70. The molecule has 2 aromatic carbocycles. The molecule has 160 valence electrons. The Morgan fingerprint density at radius 1 is 1.03 bits per heavy atom. The van der Waals surface area contributed by atoms with E-state index < -0.39 is 0 Å². The van der Waals surface area contributed by atoms with Gasteiger partial charge in [0.05, 0.1) is 29.6 Å².